The molecule has 0 spiro atoms. The molecule has 2 aromatic rings. The van der Waals surface area contributed by atoms with Gasteiger partial charge in [0, 0.05) is 6.54 Å². The average Bonchev–Trinajstić information content (AvgIpc) is 3.20. The van der Waals surface area contributed by atoms with Crippen LogP contribution in [0.1, 0.15) is 34.1 Å². The second-order valence-electron chi connectivity index (χ2n) is 5.55. The van der Waals surface area contributed by atoms with Crippen LogP contribution in [-0.2, 0) is 4.74 Å². The number of carbonyl (C=O) groups excluding carboxylic acids is 2. The fourth-order valence-corrected chi connectivity index (χ4v) is 3.29. The van der Waals surface area contributed by atoms with Crippen LogP contribution in [0.25, 0.3) is 0 Å². The first-order valence-corrected chi connectivity index (χ1v) is 8.23. The van der Waals surface area contributed by atoms with Crippen LogP contribution in [-0.4, -0.2) is 42.0 Å². The van der Waals surface area contributed by atoms with Gasteiger partial charge in [-0.3, -0.25) is 9.59 Å². The van der Waals surface area contributed by atoms with Crippen LogP contribution in [0.3, 0.4) is 0 Å². The summed E-state index contributed by atoms with van der Waals surface area (Å²) < 4.78 is 10.6. The molecule has 2 amide bonds. The number of rotatable bonds is 3. The van der Waals surface area contributed by atoms with Crippen molar-refractivity contribution in [3.63, 3.8) is 0 Å². The molecule has 1 aliphatic rings. The Morgan fingerprint density at radius 3 is 2.87 bits per heavy atom. The Labute approximate surface area is 138 Å². The van der Waals surface area contributed by atoms with E-state index < -0.39 is 0 Å². The first-order valence-electron chi connectivity index (χ1n) is 7.42. The molecule has 0 aliphatic carbocycles. The van der Waals surface area contributed by atoms with E-state index >= 15 is 0 Å². The van der Waals surface area contributed by atoms with E-state index in [0.29, 0.717) is 23.0 Å². The van der Waals surface area contributed by atoms with Gasteiger partial charge >= 0.3 is 0 Å². The summed E-state index contributed by atoms with van der Waals surface area (Å²) in [7, 11) is 0. The highest BCUT2D eigenvalue weighted by atomic mass is 32.1. The molecule has 2 aromatic heterocycles. The van der Waals surface area contributed by atoms with Crippen molar-refractivity contribution in [2.45, 2.75) is 26.0 Å². The zero-order valence-electron chi connectivity index (χ0n) is 12.9. The molecule has 2 unspecified atom stereocenters. The molecule has 0 bridgehead atoms. The lowest BCUT2D eigenvalue weighted by Crippen LogP contribution is -2.50. The Hall–Kier alpha value is -2.12. The quantitative estimate of drug-likeness (QED) is 0.937. The van der Waals surface area contributed by atoms with E-state index in [2.05, 4.69) is 5.32 Å². The van der Waals surface area contributed by atoms with Crippen LogP contribution in [0.5, 0.6) is 0 Å². The second-order valence-corrected chi connectivity index (χ2v) is 6.63. The number of anilines is 1. The maximum atomic E-state index is 12.6. The van der Waals surface area contributed by atoms with Crippen LogP contribution in [0.2, 0.25) is 0 Å². The van der Waals surface area contributed by atoms with E-state index in [-0.39, 0.29) is 29.7 Å². The lowest BCUT2D eigenvalue weighted by Gasteiger charge is -2.36. The van der Waals surface area contributed by atoms with E-state index in [1.807, 2.05) is 18.7 Å². The van der Waals surface area contributed by atoms with Gasteiger partial charge in [0.2, 0.25) is 0 Å². The monoisotopic (exact) mass is 334 g/mol. The predicted octanol–water partition coefficient (Wildman–Crippen LogP) is 2.84. The molecule has 1 N–H and O–H groups in total. The summed E-state index contributed by atoms with van der Waals surface area (Å²) in [4.78, 5) is 27.0. The highest BCUT2D eigenvalue weighted by molar-refractivity contribution is 7.18. The minimum Gasteiger partial charge on any atom is -0.459 e. The second kappa shape index (κ2) is 6.55. The van der Waals surface area contributed by atoms with Crippen molar-refractivity contribution in [2.75, 3.05) is 18.5 Å². The molecule has 122 valence electrons. The summed E-state index contributed by atoms with van der Waals surface area (Å²) in [6, 6.07) is 6.75. The summed E-state index contributed by atoms with van der Waals surface area (Å²) in [6.45, 7) is 5.04. The van der Waals surface area contributed by atoms with Crippen LogP contribution in [0, 0.1) is 0 Å². The van der Waals surface area contributed by atoms with E-state index in [1.165, 1.54) is 17.6 Å². The van der Waals surface area contributed by atoms with Gasteiger partial charge in [-0.1, -0.05) is 0 Å². The molecule has 7 heteroatoms. The van der Waals surface area contributed by atoms with E-state index in [4.69, 9.17) is 9.15 Å². The maximum absolute atomic E-state index is 12.6. The Morgan fingerprint density at radius 1 is 1.30 bits per heavy atom. The molecule has 6 nitrogen and oxygen atoms in total. The summed E-state index contributed by atoms with van der Waals surface area (Å²) in [5.74, 6) is -0.123. The normalized spacial score (nSPS) is 21.2. The number of hydrogen-bond acceptors (Lipinski definition) is 5. The maximum Gasteiger partial charge on any atom is 0.291 e. The Kier molecular flexibility index (Phi) is 4.49. The van der Waals surface area contributed by atoms with E-state index in [9.17, 15) is 9.59 Å². The third kappa shape index (κ3) is 3.46. The van der Waals surface area contributed by atoms with Crippen molar-refractivity contribution in [3.05, 3.63) is 41.2 Å². The molecule has 2 atom stereocenters. The smallest absolute Gasteiger partial charge is 0.291 e. The third-order valence-corrected chi connectivity index (χ3v) is 4.66. The van der Waals surface area contributed by atoms with Crippen LogP contribution in [0.15, 0.2) is 34.9 Å². The van der Waals surface area contributed by atoms with Crippen molar-refractivity contribution >= 4 is 28.2 Å². The standard InChI is InChI=1S/C16H18N2O4S/c1-10-9-22-11(2)8-18(10)16(20)13-5-6-14(23-13)17-15(19)12-4-3-7-21-12/h3-7,10-11H,8-9H2,1-2H3,(H,17,19). The predicted molar refractivity (Wildman–Crippen MR) is 86.9 cm³/mol. The van der Waals surface area contributed by atoms with Gasteiger partial charge < -0.3 is 19.4 Å². The Bertz CT molecular complexity index is 695. The summed E-state index contributed by atoms with van der Waals surface area (Å²) in [5.41, 5.74) is 0. The first kappa shape index (κ1) is 15.8. The number of furan rings is 1. The highest BCUT2D eigenvalue weighted by Gasteiger charge is 2.29. The van der Waals surface area contributed by atoms with Crippen molar-refractivity contribution < 1.29 is 18.7 Å². The Morgan fingerprint density at radius 2 is 2.13 bits per heavy atom. The van der Waals surface area contributed by atoms with Gasteiger partial charge in [0.15, 0.2) is 5.76 Å². The van der Waals surface area contributed by atoms with Gasteiger partial charge in [0.1, 0.15) is 0 Å². The van der Waals surface area contributed by atoms with Crippen molar-refractivity contribution in [1.29, 1.82) is 0 Å². The molecule has 3 rings (SSSR count). The molecule has 1 aliphatic heterocycles. The highest BCUT2D eigenvalue weighted by Crippen LogP contribution is 2.25. The van der Waals surface area contributed by atoms with Gasteiger partial charge in [-0.05, 0) is 38.1 Å². The molecule has 0 saturated carbocycles. The average molecular weight is 334 g/mol. The molecule has 1 saturated heterocycles. The molecule has 3 heterocycles. The van der Waals surface area contributed by atoms with Gasteiger partial charge in [0.25, 0.3) is 11.8 Å². The number of hydrogen-bond donors (Lipinski definition) is 1. The number of amides is 2. The number of ether oxygens (including phenoxy) is 1. The third-order valence-electron chi connectivity index (χ3n) is 3.67. The zero-order chi connectivity index (χ0) is 16.4. The molecular formula is C16H18N2O4S. The van der Waals surface area contributed by atoms with Crippen molar-refractivity contribution in [3.8, 4) is 0 Å². The first-order chi connectivity index (χ1) is 11.0. The van der Waals surface area contributed by atoms with Crippen LogP contribution in [0.4, 0.5) is 5.00 Å². The minimum atomic E-state index is -0.329. The van der Waals surface area contributed by atoms with E-state index in [1.54, 1.807) is 24.3 Å². The lowest BCUT2D eigenvalue weighted by atomic mass is 10.2. The summed E-state index contributed by atoms with van der Waals surface area (Å²) in [6.07, 6.45) is 1.48. The minimum absolute atomic E-state index is 0.0313. The molecule has 23 heavy (non-hydrogen) atoms. The topological polar surface area (TPSA) is 71.8 Å². The fraction of sp³-hybridized carbons (Fsp3) is 0.375. The van der Waals surface area contributed by atoms with Gasteiger partial charge in [0.05, 0.1) is 34.9 Å². The van der Waals surface area contributed by atoms with Gasteiger partial charge in [-0.15, -0.1) is 11.3 Å². The largest absolute Gasteiger partial charge is 0.459 e. The van der Waals surface area contributed by atoms with Crippen molar-refractivity contribution in [2.24, 2.45) is 0 Å². The molecule has 0 aromatic carbocycles. The molecule has 0 radical (unpaired) electrons. The zero-order valence-corrected chi connectivity index (χ0v) is 13.8. The SMILES string of the molecule is CC1CN(C(=O)c2ccc(NC(=O)c3ccco3)s2)C(C)CO1. The molecular weight excluding hydrogens is 316 g/mol. The van der Waals surface area contributed by atoms with Gasteiger partial charge in [-0.2, -0.15) is 0 Å². The number of carbonyl (C=O) groups is 2. The molecule has 1 fully saturated rings. The van der Waals surface area contributed by atoms with Crippen molar-refractivity contribution in [1.82, 2.24) is 4.90 Å². The number of morpholine rings is 1. The Balaban J connectivity index is 1.69. The lowest BCUT2D eigenvalue weighted by molar-refractivity contribution is -0.0385. The number of nitrogens with one attached hydrogen (secondary N) is 1. The number of nitrogens with zero attached hydrogens (tertiary/aromatic N) is 1. The fourth-order valence-electron chi connectivity index (χ4n) is 2.43. The van der Waals surface area contributed by atoms with Gasteiger partial charge in [-0.25, -0.2) is 0 Å². The van der Waals surface area contributed by atoms with Crippen LogP contribution < -0.4 is 5.32 Å². The number of thiophene rings is 1. The van der Waals surface area contributed by atoms with E-state index in [0.717, 1.165) is 0 Å². The summed E-state index contributed by atoms with van der Waals surface area (Å²) in [5, 5.41) is 3.35. The van der Waals surface area contributed by atoms with Crippen LogP contribution >= 0.6 is 11.3 Å². The summed E-state index contributed by atoms with van der Waals surface area (Å²) >= 11 is 1.26.